The molecule has 0 radical (unpaired) electrons. The SMILES string of the molecule is Cn1nc(C(C)(C)C)c(Cl)c1C(=O)Nc1c([N+](=O)[O-])cc(-c2ccccc2F)cc1C(F)(F)F. The van der Waals surface area contributed by atoms with Crippen LogP contribution in [0.2, 0.25) is 5.02 Å². The summed E-state index contributed by atoms with van der Waals surface area (Å²) < 4.78 is 57.1. The van der Waals surface area contributed by atoms with Crippen LogP contribution in [0.15, 0.2) is 36.4 Å². The zero-order chi connectivity index (χ0) is 25.6. The summed E-state index contributed by atoms with van der Waals surface area (Å²) in [5.41, 5.74) is -4.83. The van der Waals surface area contributed by atoms with Crippen molar-refractivity contribution in [3.05, 3.63) is 74.3 Å². The Hall–Kier alpha value is -3.47. The van der Waals surface area contributed by atoms with Gasteiger partial charge in [0.1, 0.15) is 17.2 Å². The van der Waals surface area contributed by atoms with Crippen molar-refractivity contribution in [1.29, 1.82) is 0 Å². The van der Waals surface area contributed by atoms with E-state index in [0.717, 1.165) is 16.8 Å². The molecule has 0 aliphatic heterocycles. The zero-order valence-electron chi connectivity index (χ0n) is 18.4. The zero-order valence-corrected chi connectivity index (χ0v) is 19.2. The molecule has 0 spiro atoms. The van der Waals surface area contributed by atoms with Gasteiger partial charge in [0, 0.05) is 24.1 Å². The summed E-state index contributed by atoms with van der Waals surface area (Å²) in [7, 11) is 1.37. The molecule has 0 aliphatic rings. The second kappa shape index (κ2) is 8.71. The standard InChI is InChI=1S/C22H19ClF4N4O3/c1-21(2,3)19-16(23)18(30(4)29-19)20(32)28-17-13(22(25,26)27)9-11(10-15(17)31(33)34)12-7-5-6-8-14(12)24/h5-10H,1-4H3,(H,28,32). The summed E-state index contributed by atoms with van der Waals surface area (Å²) in [6.07, 6.45) is -5.11. The van der Waals surface area contributed by atoms with Gasteiger partial charge in [0.05, 0.1) is 21.2 Å². The van der Waals surface area contributed by atoms with E-state index in [9.17, 15) is 32.5 Å². The van der Waals surface area contributed by atoms with Crippen molar-refractivity contribution < 1.29 is 27.3 Å². The maximum absolute atomic E-state index is 14.2. The van der Waals surface area contributed by atoms with E-state index in [1.807, 2.05) is 5.32 Å². The van der Waals surface area contributed by atoms with E-state index < -0.39 is 45.2 Å². The molecule has 0 aliphatic carbocycles. The number of rotatable bonds is 4. The lowest BCUT2D eigenvalue weighted by Crippen LogP contribution is -2.21. The molecule has 0 fully saturated rings. The minimum Gasteiger partial charge on any atom is -0.314 e. The third-order valence-corrected chi connectivity index (χ3v) is 5.32. The van der Waals surface area contributed by atoms with Crippen LogP contribution in [0.1, 0.15) is 42.5 Å². The molecule has 0 saturated heterocycles. The molecule has 7 nitrogen and oxygen atoms in total. The van der Waals surface area contributed by atoms with Gasteiger partial charge in [0.25, 0.3) is 11.6 Å². The number of carbonyl (C=O) groups excluding carboxylic acids is 1. The molecule has 1 heterocycles. The highest BCUT2D eigenvalue weighted by Crippen LogP contribution is 2.43. The van der Waals surface area contributed by atoms with Crippen LogP contribution in [0.4, 0.5) is 28.9 Å². The van der Waals surface area contributed by atoms with Crippen LogP contribution in [-0.4, -0.2) is 20.6 Å². The van der Waals surface area contributed by atoms with Crippen molar-refractivity contribution in [3.63, 3.8) is 0 Å². The fourth-order valence-corrected chi connectivity index (χ4v) is 3.90. The molecule has 0 atom stereocenters. The summed E-state index contributed by atoms with van der Waals surface area (Å²) in [6.45, 7) is 5.32. The molecule has 12 heteroatoms. The highest BCUT2D eigenvalue weighted by atomic mass is 35.5. The van der Waals surface area contributed by atoms with Gasteiger partial charge in [-0.1, -0.05) is 50.6 Å². The van der Waals surface area contributed by atoms with Crippen LogP contribution in [0.5, 0.6) is 0 Å². The quantitative estimate of drug-likeness (QED) is 0.257. The van der Waals surface area contributed by atoms with Crippen LogP contribution in [0, 0.1) is 15.9 Å². The third-order valence-electron chi connectivity index (χ3n) is 4.96. The number of nitro benzene ring substituents is 1. The predicted molar refractivity (Wildman–Crippen MR) is 118 cm³/mol. The van der Waals surface area contributed by atoms with Gasteiger partial charge in [-0.3, -0.25) is 19.6 Å². The number of anilines is 1. The molecule has 3 aromatic rings. The van der Waals surface area contributed by atoms with Crippen LogP contribution in [0.3, 0.4) is 0 Å². The third kappa shape index (κ3) is 4.74. The van der Waals surface area contributed by atoms with Crippen molar-refractivity contribution in [2.75, 3.05) is 5.32 Å². The van der Waals surface area contributed by atoms with Crippen molar-refractivity contribution in [2.24, 2.45) is 7.05 Å². The van der Waals surface area contributed by atoms with Gasteiger partial charge in [0.2, 0.25) is 0 Å². The Bertz CT molecular complexity index is 1300. The number of hydrogen-bond acceptors (Lipinski definition) is 4. The van der Waals surface area contributed by atoms with Crippen molar-refractivity contribution >= 4 is 28.9 Å². The summed E-state index contributed by atoms with van der Waals surface area (Å²) in [5, 5.41) is 17.8. The first kappa shape index (κ1) is 25.2. The van der Waals surface area contributed by atoms with E-state index in [4.69, 9.17) is 11.6 Å². The topological polar surface area (TPSA) is 90.1 Å². The second-order valence-electron chi connectivity index (χ2n) is 8.49. The molecule has 3 rings (SSSR count). The molecule has 1 amide bonds. The largest absolute Gasteiger partial charge is 0.418 e. The number of nitrogens with zero attached hydrogens (tertiary/aromatic N) is 3. The van der Waals surface area contributed by atoms with Crippen LogP contribution in [0.25, 0.3) is 11.1 Å². The number of nitro groups is 1. The van der Waals surface area contributed by atoms with Gasteiger partial charge in [0.15, 0.2) is 0 Å². The summed E-state index contributed by atoms with van der Waals surface area (Å²) in [4.78, 5) is 23.6. The lowest BCUT2D eigenvalue weighted by Gasteiger charge is -2.17. The molecule has 0 bridgehead atoms. The number of aromatic nitrogens is 2. The summed E-state index contributed by atoms with van der Waals surface area (Å²) >= 11 is 6.29. The van der Waals surface area contributed by atoms with Gasteiger partial charge in [-0.15, -0.1) is 0 Å². The Morgan fingerprint density at radius 3 is 2.29 bits per heavy atom. The Kier molecular flexibility index (Phi) is 6.45. The van der Waals surface area contributed by atoms with Gasteiger partial charge in [-0.2, -0.15) is 18.3 Å². The summed E-state index contributed by atoms with van der Waals surface area (Å²) in [6, 6.07) is 6.24. The Morgan fingerprint density at radius 2 is 1.79 bits per heavy atom. The van der Waals surface area contributed by atoms with E-state index in [-0.39, 0.29) is 21.8 Å². The second-order valence-corrected chi connectivity index (χ2v) is 8.87. The molecule has 1 N–H and O–H groups in total. The van der Waals surface area contributed by atoms with E-state index in [1.165, 1.54) is 25.2 Å². The number of benzene rings is 2. The van der Waals surface area contributed by atoms with Crippen molar-refractivity contribution in [1.82, 2.24) is 9.78 Å². The Balaban J connectivity index is 2.21. The Morgan fingerprint density at radius 1 is 1.18 bits per heavy atom. The maximum Gasteiger partial charge on any atom is 0.418 e. The number of alkyl halides is 3. The van der Waals surface area contributed by atoms with Gasteiger partial charge < -0.3 is 5.32 Å². The van der Waals surface area contributed by atoms with Gasteiger partial charge in [-0.05, 0) is 17.7 Å². The highest BCUT2D eigenvalue weighted by molar-refractivity contribution is 6.35. The molecule has 0 saturated carbocycles. The number of carbonyl (C=O) groups is 1. The van der Waals surface area contributed by atoms with Gasteiger partial charge in [-0.25, -0.2) is 4.39 Å². The van der Waals surface area contributed by atoms with Crippen LogP contribution >= 0.6 is 11.6 Å². The number of amides is 1. The van der Waals surface area contributed by atoms with E-state index in [2.05, 4.69) is 5.10 Å². The first-order valence-corrected chi connectivity index (χ1v) is 10.2. The molecule has 180 valence electrons. The Labute approximate surface area is 196 Å². The monoisotopic (exact) mass is 498 g/mol. The molecular weight excluding hydrogens is 480 g/mol. The minimum absolute atomic E-state index is 0.0910. The number of nitrogens with one attached hydrogen (secondary N) is 1. The fraction of sp³-hybridized carbons (Fsp3) is 0.273. The minimum atomic E-state index is -5.11. The molecule has 1 aromatic heterocycles. The number of hydrogen-bond donors (Lipinski definition) is 1. The predicted octanol–water partition coefficient (Wildman–Crippen LogP) is 6.36. The van der Waals surface area contributed by atoms with Crippen molar-refractivity contribution in [2.45, 2.75) is 32.4 Å². The number of aryl methyl sites for hydroxylation is 1. The first-order chi connectivity index (χ1) is 15.6. The van der Waals surface area contributed by atoms with Crippen LogP contribution < -0.4 is 5.32 Å². The average molecular weight is 499 g/mol. The molecule has 2 aromatic carbocycles. The van der Waals surface area contributed by atoms with Crippen molar-refractivity contribution in [3.8, 4) is 11.1 Å². The van der Waals surface area contributed by atoms with E-state index in [1.54, 1.807) is 20.8 Å². The number of halogens is 5. The molecule has 0 unspecified atom stereocenters. The molecule has 34 heavy (non-hydrogen) atoms. The highest BCUT2D eigenvalue weighted by Gasteiger charge is 2.39. The lowest BCUT2D eigenvalue weighted by molar-refractivity contribution is -0.384. The first-order valence-electron chi connectivity index (χ1n) is 9.81. The van der Waals surface area contributed by atoms with Gasteiger partial charge >= 0.3 is 6.18 Å². The maximum atomic E-state index is 14.2. The smallest absolute Gasteiger partial charge is 0.314 e. The van der Waals surface area contributed by atoms with E-state index in [0.29, 0.717) is 11.8 Å². The summed E-state index contributed by atoms with van der Waals surface area (Å²) in [5.74, 6) is -1.99. The average Bonchev–Trinajstić information content (AvgIpc) is 3.02. The fourth-order valence-electron chi connectivity index (χ4n) is 3.37. The normalized spacial score (nSPS) is 12.0. The molecular formula is C22H19ClF4N4O3. The van der Waals surface area contributed by atoms with E-state index >= 15 is 0 Å². The van der Waals surface area contributed by atoms with Crippen LogP contribution in [-0.2, 0) is 18.6 Å². The lowest BCUT2D eigenvalue weighted by atomic mass is 9.92.